The van der Waals surface area contributed by atoms with E-state index >= 15 is 0 Å². The van der Waals surface area contributed by atoms with Gasteiger partial charge in [0.25, 0.3) is 0 Å². The van der Waals surface area contributed by atoms with E-state index in [9.17, 15) is 4.79 Å². The number of pyridine rings is 1. The molecule has 3 heterocycles. The second kappa shape index (κ2) is 7.95. The van der Waals surface area contributed by atoms with Gasteiger partial charge in [0.15, 0.2) is 0 Å². The number of likely N-dealkylation sites (tertiary alicyclic amines) is 1. The summed E-state index contributed by atoms with van der Waals surface area (Å²) in [6, 6.07) is 3.80. The van der Waals surface area contributed by atoms with E-state index < -0.39 is 0 Å². The summed E-state index contributed by atoms with van der Waals surface area (Å²) in [7, 11) is 0. The topological polar surface area (TPSA) is 51.7 Å². The van der Waals surface area contributed by atoms with E-state index in [0.717, 1.165) is 51.1 Å². The molecule has 1 aromatic rings. The van der Waals surface area contributed by atoms with Crippen molar-refractivity contribution in [3.63, 3.8) is 0 Å². The Labute approximate surface area is 156 Å². The number of piperidine rings is 1. The summed E-state index contributed by atoms with van der Waals surface area (Å²) in [6.07, 6.45) is 12.7. The third-order valence-corrected chi connectivity index (χ3v) is 6.47. The van der Waals surface area contributed by atoms with E-state index in [0.29, 0.717) is 18.4 Å². The summed E-state index contributed by atoms with van der Waals surface area (Å²) in [5.41, 5.74) is 0.243. The molecule has 1 aromatic heterocycles. The number of amides is 1. The predicted molar refractivity (Wildman–Crippen MR) is 98.9 cm³/mol. The monoisotopic (exact) mass is 358 g/mol. The molecule has 26 heavy (non-hydrogen) atoms. The lowest BCUT2D eigenvalue weighted by molar-refractivity contribution is -0.134. The first kappa shape index (κ1) is 17.8. The van der Waals surface area contributed by atoms with Crippen LogP contribution in [-0.4, -0.2) is 48.2 Å². The molecule has 0 unspecified atom stereocenters. The van der Waals surface area contributed by atoms with Crippen LogP contribution in [0.2, 0.25) is 0 Å². The van der Waals surface area contributed by atoms with E-state index in [1.165, 1.54) is 25.7 Å². The maximum absolute atomic E-state index is 12.5. The molecule has 2 aliphatic heterocycles. The zero-order valence-corrected chi connectivity index (χ0v) is 15.6. The molecule has 142 valence electrons. The van der Waals surface area contributed by atoms with E-state index in [1.807, 2.05) is 12.1 Å². The highest BCUT2D eigenvalue weighted by molar-refractivity contribution is 5.76. The molecule has 0 aromatic carbocycles. The smallest absolute Gasteiger partial charge is 0.222 e. The van der Waals surface area contributed by atoms with Gasteiger partial charge in [0.2, 0.25) is 5.91 Å². The van der Waals surface area contributed by atoms with Gasteiger partial charge in [0.1, 0.15) is 12.4 Å². The van der Waals surface area contributed by atoms with Crippen LogP contribution in [0, 0.1) is 11.3 Å². The second-order valence-electron chi connectivity index (χ2n) is 8.37. The number of nitrogens with zero attached hydrogens (tertiary/aromatic N) is 2. The van der Waals surface area contributed by atoms with Crippen molar-refractivity contribution in [3.8, 4) is 5.75 Å². The standard InChI is InChI=1S/C21H30N2O3/c24-20(12-17-4-1-2-5-17)23-10-7-21(8-11-23)13-19(26-16-21)15-25-18-6-3-9-22-14-18/h3,6,9,14,17,19H,1-2,4-5,7-8,10-13,15-16H2/t19-/m1/s1. The van der Waals surface area contributed by atoms with E-state index in [2.05, 4.69) is 9.88 Å². The maximum Gasteiger partial charge on any atom is 0.222 e. The molecule has 1 aliphatic carbocycles. The average Bonchev–Trinajstić information content (AvgIpc) is 3.32. The molecule has 1 saturated carbocycles. The van der Waals surface area contributed by atoms with Gasteiger partial charge in [-0.15, -0.1) is 0 Å². The summed E-state index contributed by atoms with van der Waals surface area (Å²) < 4.78 is 11.8. The van der Waals surface area contributed by atoms with E-state index in [-0.39, 0.29) is 11.5 Å². The molecule has 5 nitrogen and oxygen atoms in total. The van der Waals surface area contributed by atoms with Gasteiger partial charge in [-0.3, -0.25) is 9.78 Å². The summed E-state index contributed by atoms with van der Waals surface area (Å²) in [4.78, 5) is 18.7. The van der Waals surface area contributed by atoms with Crippen LogP contribution in [0.1, 0.15) is 51.4 Å². The number of carbonyl (C=O) groups excluding carboxylic acids is 1. The first-order valence-corrected chi connectivity index (χ1v) is 10.1. The van der Waals surface area contributed by atoms with Crippen molar-refractivity contribution < 1.29 is 14.3 Å². The molecule has 1 atom stereocenters. The van der Waals surface area contributed by atoms with Gasteiger partial charge in [0, 0.05) is 25.7 Å². The van der Waals surface area contributed by atoms with Gasteiger partial charge in [-0.2, -0.15) is 0 Å². The zero-order chi connectivity index (χ0) is 17.8. The maximum atomic E-state index is 12.5. The van der Waals surface area contributed by atoms with Crippen molar-refractivity contribution in [2.75, 3.05) is 26.3 Å². The SMILES string of the molecule is O=C(CC1CCCC1)N1CCC2(CC1)CO[C@@H](COc1cccnc1)C2. The van der Waals surface area contributed by atoms with Crippen molar-refractivity contribution in [2.45, 2.75) is 57.5 Å². The quantitative estimate of drug-likeness (QED) is 0.809. The van der Waals surface area contributed by atoms with Crippen LogP contribution in [0.15, 0.2) is 24.5 Å². The molecule has 2 saturated heterocycles. The Morgan fingerprint density at radius 2 is 2.12 bits per heavy atom. The van der Waals surface area contributed by atoms with Crippen LogP contribution in [0.5, 0.6) is 5.75 Å². The molecule has 0 radical (unpaired) electrons. The molecule has 0 bridgehead atoms. The molecular weight excluding hydrogens is 328 g/mol. The van der Waals surface area contributed by atoms with Crippen LogP contribution in [-0.2, 0) is 9.53 Å². The fourth-order valence-corrected chi connectivity index (χ4v) is 4.79. The van der Waals surface area contributed by atoms with Gasteiger partial charge in [-0.25, -0.2) is 0 Å². The third kappa shape index (κ3) is 4.20. The molecule has 4 rings (SSSR count). The van der Waals surface area contributed by atoms with E-state index in [4.69, 9.17) is 9.47 Å². The zero-order valence-electron chi connectivity index (χ0n) is 15.6. The summed E-state index contributed by atoms with van der Waals surface area (Å²) >= 11 is 0. The lowest BCUT2D eigenvalue weighted by Crippen LogP contribution is -2.44. The molecule has 3 fully saturated rings. The lowest BCUT2D eigenvalue weighted by Gasteiger charge is -2.38. The van der Waals surface area contributed by atoms with Crippen molar-refractivity contribution in [2.24, 2.45) is 11.3 Å². The van der Waals surface area contributed by atoms with Gasteiger partial charge in [-0.05, 0) is 55.6 Å². The van der Waals surface area contributed by atoms with Crippen LogP contribution in [0.3, 0.4) is 0 Å². The van der Waals surface area contributed by atoms with Gasteiger partial charge in [0.05, 0.1) is 18.9 Å². The molecule has 1 amide bonds. The molecule has 1 spiro atoms. The highest BCUT2D eigenvalue weighted by atomic mass is 16.5. The number of ether oxygens (including phenoxy) is 2. The number of carbonyl (C=O) groups is 1. The van der Waals surface area contributed by atoms with Crippen LogP contribution in [0.25, 0.3) is 0 Å². The Kier molecular flexibility index (Phi) is 5.44. The Morgan fingerprint density at radius 3 is 2.85 bits per heavy atom. The Balaban J connectivity index is 1.22. The number of hydrogen-bond acceptors (Lipinski definition) is 4. The first-order valence-electron chi connectivity index (χ1n) is 10.1. The molecule has 3 aliphatic rings. The summed E-state index contributed by atoms with van der Waals surface area (Å²) in [5.74, 6) is 1.81. The van der Waals surface area contributed by atoms with Gasteiger partial charge in [-0.1, -0.05) is 12.8 Å². The average molecular weight is 358 g/mol. The Morgan fingerprint density at radius 1 is 1.31 bits per heavy atom. The minimum atomic E-state index is 0.149. The van der Waals surface area contributed by atoms with Gasteiger partial charge < -0.3 is 14.4 Å². The summed E-state index contributed by atoms with van der Waals surface area (Å²) in [5, 5.41) is 0. The first-order chi connectivity index (χ1) is 12.7. The van der Waals surface area contributed by atoms with Crippen molar-refractivity contribution in [1.29, 1.82) is 0 Å². The minimum Gasteiger partial charge on any atom is -0.489 e. The largest absolute Gasteiger partial charge is 0.489 e. The van der Waals surface area contributed by atoms with Crippen LogP contribution < -0.4 is 4.74 Å². The van der Waals surface area contributed by atoms with Crippen molar-refractivity contribution >= 4 is 5.91 Å². The predicted octanol–water partition coefficient (Wildman–Crippen LogP) is 3.44. The second-order valence-corrected chi connectivity index (χ2v) is 8.37. The highest BCUT2D eigenvalue weighted by Crippen LogP contribution is 2.42. The minimum absolute atomic E-state index is 0.149. The Bertz CT molecular complexity index is 593. The molecule has 0 N–H and O–H groups in total. The third-order valence-electron chi connectivity index (χ3n) is 6.47. The molecular formula is C21H30N2O3. The lowest BCUT2D eigenvalue weighted by atomic mass is 9.76. The van der Waals surface area contributed by atoms with Crippen LogP contribution in [0.4, 0.5) is 0 Å². The fraction of sp³-hybridized carbons (Fsp3) is 0.714. The van der Waals surface area contributed by atoms with Gasteiger partial charge >= 0.3 is 0 Å². The number of rotatable bonds is 5. The summed E-state index contributed by atoms with van der Waals surface area (Å²) in [6.45, 7) is 3.17. The van der Waals surface area contributed by atoms with Crippen molar-refractivity contribution in [3.05, 3.63) is 24.5 Å². The fourth-order valence-electron chi connectivity index (χ4n) is 4.79. The van der Waals surface area contributed by atoms with E-state index in [1.54, 1.807) is 12.4 Å². The number of aromatic nitrogens is 1. The normalized spacial score (nSPS) is 25.7. The van der Waals surface area contributed by atoms with Crippen LogP contribution >= 0.6 is 0 Å². The van der Waals surface area contributed by atoms with Crippen molar-refractivity contribution in [1.82, 2.24) is 9.88 Å². The highest BCUT2D eigenvalue weighted by Gasteiger charge is 2.43. The number of hydrogen-bond donors (Lipinski definition) is 0. The Hall–Kier alpha value is -1.62. The molecule has 5 heteroatoms.